The SMILES string of the molecule is CCOC(=O)c1c(-c2cccs2)csc1NC(=O)c1cccc(OCc2nnnn2CC)c1. The Morgan fingerprint density at radius 3 is 2.79 bits per heavy atom. The van der Waals surface area contributed by atoms with Crippen molar-refractivity contribution in [1.82, 2.24) is 20.2 Å². The number of tetrazole rings is 1. The van der Waals surface area contributed by atoms with Crippen LogP contribution < -0.4 is 10.1 Å². The number of carbonyl (C=O) groups excluding carboxylic acids is 2. The first kappa shape index (κ1) is 22.6. The highest BCUT2D eigenvalue weighted by Crippen LogP contribution is 2.38. The van der Waals surface area contributed by atoms with Crippen LogP contribution in [0, 0.1) is 0 Å². The van der Waals surface area contributed by atoms with E-state index in [1.807, 2.05) is 29.8 Å². The fourth-order valence-electron chi connectivity index (χ4n) is 3.09. The Morgan fingerprint density at radius 2 is 2.03 bits per heavy atom. The summed E-state index contributed by atoms with van der Waals surface area (Å²) in [4.78, 5) is 26.6. The van der Waals surface area contributed by atoms with Crippen molar-refractivity contribution in [3.05, 3.63) is 64.1 Å². The normalized spacial score (nSPS) is 10.7. The number of amides is 1. The van der Waals surface area contributed by atoms with Gasteiger partial charge >= 0.3 is 5.97 Å². The Balaban J connectivity index is 1.52. The number of nitrogens with zero attached hydrogens (tertiary/aromatic N) is 4. The van der Waals surface area contributed by atoms with E-state index in [1.165, 1.54) is 22.7 Å². The van der Waals surface area contributed by atoms with Crippen LogP contribution >= 0.6 is 22.7 Å². The molecule has 11 heteroatoms. The van der Waals surface area contributed by atoms with Crippen LogP contribution in [0.4, 0.5) is 5.00 Å². The van der Waals surface area contributed by atoms with Crippen molar-refractivity contribution in [3.8, 4) is 16.2 Å². The van der Waals surface area contributed by atoms with Crippen LogP contribution in [0.5, 0.6) is 5.75 Å². The van der Waals surface area contributed by atoms with Crippen LogP contribution in [0.2, 0.25) is 0 Å². The fourth-order valence-corrected chi connectivity index (χ4v) is 4.86. The minimum absolute atomic E-state index is 0.175. The zero-order valence-corrected chi connectivity index (χ0v) is 19.6. The Labute approximate surface area is 198 Å². The first-order valence-electron chi connectivity index (χ1n) is 10.2. The van der Waals surface area contributed by atoms with E-state index in [4.69, 9.17) is 9.47 Å². The molecule has 0 spiro atoms. The van der Waals surface area contributed by atoms with Crippen molar-refractivity contribution in [2.75, 3.05) is 11.9 Å². The number of benzene rings is 1. The lowest BCUT2D eigenvalue weighted by atomic mass is 10.1. The Kier molecular flexibility index (Phi) is 7.10. The maximum atomic E-state index is 13.0. The molecule has 1 aromatic carbocycles. The molecule has 3 aromatic heterocycles. The maximum Gasteiger partial charge on any atom is 0.341 e. The molecule has 0 saturated carbocycles. The van der Waals surface area contributed by atoms with Crippen molar-refractivity contribution in [2.45, 2.75) is 27.0 Å². The molecule has 9 nitrogen and oxygen atoms in total. The first-order valence-corrected chi connectivity index (χ1v) is 12.0. The van der Waals surface area contributed by atoms with Gasteiger partial charge in [-0.15, -0.1) is 27.8 Å². The summed E-state index contributed by atoms with van der Waals surface area (Å²) in [5.41, 5.74) is 1.49. The van der Waals surface area contributed by atoms with E-state index >= 15 is 0 Å². The zero-order chi connectivity index (χ0) is 23.2. The summed E-state index contributed by atoms with van der Waals surface area (Å²) in [7, 11) is 0. The molecule has 4 rings (SSSR count). The van der Waals surface area contributed by atoms with E-state index in [9.17, 15) is 9.59 Å². The molecule has 3 heterocycles. The third-order valence-electron chi connectivity index (χ3n) is 4.65. The minimum atomic E-state index is -0.469. The van der Waals surface area contributed by atoms with E-state index in [1.54, 1.807) is 35.9 Å². The number of aryl methyl sites for hydroxylation is 1. The summed E-state index contributed by atoms with van der Waals surface area (Å²) in [6.45, 7) is 4.73. The van der Waals surface area contributed by atoms with Crippen LogP contribution in [0.15, 0.2) is 47.2 Å². The molecule has 0 atom stereocenters. The number of anilines is 1. The van der Waals surface area contributed by atoms with E-state index in [2.05, 4.69) is 20.8 Å². The largest absolute Gasteiger partial charge is 0.486 e. The molecule has 0 unspecified atom stereocenters. The third-order valence-corrected chi connectivity index (χ3v) is 6.45. The Hall–Kier alpha value is -3.57. The molecule has 1 N–H and O–H groups in total. The number of hydrogen-bond acceptors (Lipinski definition) is 9. The summed E-state index contributed by atoms with van der Waals surface area (Å²) in [5.74, 6) is 0.266. The fraction of sp³-hybridized carbons (Fsp3) is 0.227. The predicted octanol–water partition coefficient (Wildman–Crippen LogP) is 4.49. The molecular weight excluding hydrogens is 462 g/mol. The smallest absolute Gasteiger partial charge is 0.341 e. The third kappa shape index (κ3) is 5.10. The molecule has 0 fully saturated rings. The van der Waals surface area contributed by atoms with Gasteiger partial charge in [-0.25, -0.2) is 9.48 Å². The number of esters is 1. The number of carbonyl (C=O) groups is 2. The quantitative estimate of drug-likeness (QED) is 0.349. The monoisotopic (exact) mass is 483 g/mol. The number of thiophene rings is 2. The summed E-state index contributed by atoms with van der Waals surface area (Å²) in [5, 5.41) is 18.5. The van der Waals surface area contributed by atoms with Crippen molar-refractivity contribution in [1.29, 1.82) is 0 Å². The summed E-state index contributed by atoms with van der Waals surface area (Å²) in [6.07, 6.45) is 0. The van der Waals surface area contributed by atoms with Gasteiger partial charge in [0.2, 0.25) is 0 Å². The molecule has 1 amide bonds. The van der Waals surface area contributed by atoms with Gasteiger partial charge in [-0.3, -0.25) is 4.79 Å². The maximum absolute atomic E-state index is 13.0. The Bertz CT molecular complexity index is 1250. The molecule has 170 valence electrons. The topological polar surface area (TPSA) is 108 Å². The van der Waals surface area contributed by atoms with Gasteiger partial charge in [0, 0.05) is 27.9 Å². The molecule has 0 aliphatic heterocycles. The van der Waals surface area contributed by atoms with Gasteiger partial charge in [0.1, 0.15) is 22.9 Å². The summed E-state index contributed by atoms with van der Waals surface area (Å²) < 4.78 is 12.6. The average Bonchev–Trinajstić information content (AvgIpc) is 3.58. The summed E-state index contributed by atoms with van der Waals surface area (Å²) >= 11 is 2.80. The second-order valence-corrected chi connectivity index (χ2v) is 8.56. The van der Waals surface area contributed by atoms with E-state index in [-0.39, 0.29) is 19.1 Å². The number of ether oxygens (including phenoxy) is 2. The number of nitrogens with one attached hydrogen (secondary N) is 1. The van der Waals surface area contributed by atoms with Gasteiger partial charge in [0.25, 0.3) is 5.91 Å². The van der Waals surface area contributed by atoms with Gasteiger partial charge in [-0.1, -0.05) is 12.1 Å². The van der Waals surface area contributed by atoms with Crippen molar-refractivity contribution in [3.63, 3.8) is 0 Å². The van der Waals surface area contributed by atoms with Gasteiger partial charge in [0.05, 0.1) is 6.61 Å². The molecule has 33 heavy (non-hydrogen) atoms. The van der Waals surface area contributed by atoms with E-state index < -0.39 is 5.97 Å². The predicted molar refractivity (Wildman–Crippen MR) is 126 cm³/mol. The second-order valence-electron chi connectivity index (χ2n) is 6.73. The zero-order valence-electron chi connectivity index (χ0n) is 18.0. The first-order chi connectivity index (χ1) is 16.1. The van der Waals surface area contributed by atoms with Gasteiger partial charge in [0.15, 0.2) is 5.82 Å². The van der Waals surface area contributed by atoms with Crippen LogP contribution in [-0.2, 0) is 17.9 Å². The molecular formula is C22H21N5O4S2. The highest BCUT2D eigenvalue weighted by Gasteiger charge is 2.23. The molecule has 0 bridgehead atoms. The van der Waals surface area contributed by atoms with Crippen molar-refractivity contribution >= 4 is 39.6 Å². The lowest BCUT2D eigenvalue weighted by Crippen LogP contribution is -2.15. The molecule has 0 aliphatic rings. The number of rotatable bonds is 9. The van der Waals surface area contributed by atoms with Crippen LogP contribution in [0.1, 0.15) is 40.4 Å². The molecule has 0 radical (unpaired) electrons. The second kappa shape index (κ2) is 10.4. The van der Waals surface area contributed by atoms with Crippen LogP contribution in [-0.4, -0.2) is 38.7 Å². The van der Waals surface area contributed by atoms with Crippen molar-refractivity contribution in [2.24, 2.45) is 0 Å². The number of aromatic nitrogens is 4. The standard InChI is InChI=1S/C22H21N5O4S2/c1-3-27-18(24-25-26-27)12-31-15-8-5-7-14(11-15)20(28)23-21-19(22(29)30-4-2)16(13-33-21)17-9-6-10-32-17/h5-11,13H,3-4,12H2,1-2H3,(H,23,28). The Morgan fingerprint density at radius 1 is 1.15 bits per heavy atom. The van der Waals surface area contributed by atoms with Crippen LogP contribution in [0.25, 0.3) is 10.4 Å². The summed E-state index contributed by atoms with van der Waals surface area (Å²) in [6, 6.07) is 10.6. The van der Waals surface area contributed by atoms with E-state index in [0.717, 1.165) is 10.4 Å². The molecule has 0 saturated heterocycles. The highest BCUT2D eigenvalue weighted by molar-refractivity contribution is 7.17. The molecule has 4 aromatic rings. The highest BCUT2D eigenvalue weighted by atomic mass is 32.1. The lowest BCUT2D eigenvalue weighted by Gasteiger charge is -2.10. The minimum Gasteiger partial charge on any atom is -0.486 e. The van der Waals surface area contributed by atoms with Crippen molar-refractivity contribution < 1.29 is 19.1 Å². The average molecular weight is 484 g/mol. The van der Waals surface area contributed by atoms with Crippen LogP contribution in [0.3, 0.4) is 0 Å². The molecule has 0 aliphatic carbocycles. The van der Waals surface area contributed by atoms with Gasteiger partial charge in [-0.2, -0.15) is 0 Å². The number of hydrogen-bond donors (Lipinski definition) is 1. The van der Waals surface area contributed by atoms with Gasteiger partial charge < -0.3 is 14.8 Å². The van der Waals surface area contributed by atoms with Gasteiger partial charge in [-0.05, 0) is 53.9 Å². The van der Waals surface area contributed by atoms with E-state index in [0.29, 0.717) is 34.2 Å². The lowest BCUT2D eigenvalue weighted by molar-refractivity contribution is 0.0529.